The van der Waals surface area contributed by atoms with E-state index < -0.39 is 12.1 Å². The van der Waals surface area contributed by atoms with Crippen molar-refractivity contribution in [2.75, 3.05) is 31.6 Å². The SMILES string of the molecule is C[C@@H]1CN(C)CCN1c1cc(Cl)cc(Cl)c1.O=C(O)C(F)(F)F. The highest BCUT2D eigenvalue weighted by atomic mass is 35.5. The van der Waals surface area contributed by atoms with Gasteiger partial charge in [0.05, 0.1) is 0 Å². The highest BCUT2D eigenvalue weighted by Gasteiger charge is 2.38. The molecule has 1 N–H and O–H groups in total. The van der Waals surface area contributed by atoms with E-state index in [1.807, 2.05) is 12.1 Å². The number of hydrogen-bond acceptors (Lipinski definition) is 3. The van der Waals surface area contributed by atoms with Crippen LogP contribution < -0.4 is 4.90 Å². The van der Waals surface area contributed by atoms with Gasteiger partial charge in [-0.05, 0) is 32.2 Å². The number of carboxylic acids is 1. The fraction of sp³-hybridized carbons (Fsp3) is 0.500. The summed E-state index contributed by atoms with van der Waals surface area (Å²) in [5, 5.41) is 8.53. The Hall–Kier alpha value is -1.18. The average Bonchev–Trinajstić information content (AvgIpc) is 2.36. The van der Waals surface area contributed by atoms with E-state index in [4.69, 9.17) is 33.1 Å². The maximum atomic E-state index is 10.6. The van der Waals surface area contributed by atoms with E-state index in [2.05, 4.69) is 23.8 Å². The van der Waals surface area contributed by atoms with Crippen molar-refractivity contribution in [3.8, 4) is 0 Å². The molecule has 0 spiro atoms. The molecule has 1 aliphatic heterocycles. The van der Waals surface area contributed by atoms with Crippen molar-refractivity contribution in [1.29, 1.82) is 0 Å². The first-order chi connectivity index (χ1) is 10.5. The Morgan fingerprint density at radius 1 is 1.22 bits per heavy atom. The van der Waals surface area contributed by atoms with Crippen LogP contribution in [0.15, 0.2) is 18.2 Å². The van der Waals surface area contributed by atoms with E-state index in [0.29, 0.717) is 16.1 Å². The van der Waals surface area contributed by atoms with Crippen LogP contribution in [-0.4, -0.2) is 54.9 Å². The van der Waals surface area contributed by atoms with Crippen molar-refractivity contribution in [3.63, 3.8) is 0 Å². The normalized spacial score (nSPS) is 19.1. The molecule has 0 radical (unpaired) electrons. The summed E-state index contributed by atoms with van der Waals surface area (Å²) < 4.78 is 31.7. The smallest absolute Gasteiger partial charge is 0.475 e. The number of anilines is 1. The molecule has 0 unspecified atom stereocenters. The first-order valence-corrected chi connectivity index (χ1v) is 7.47. The van der Waals surface area contributed by atoms with Gasteiger partial charge in [0.2, 0.25) is 0 Å². The van der Waals surface area contributed by atoms with Crippen LogP contribution in [0.5, 0.6) is 0 Å². The van der Waals surface area contributed by atoms with Gasteiger partial charge in [0.25, 0.3) is 0 Å². The molecule has 0 aromatic heterocycles. The number of nitrogens with zero attached hydrogens (tertiary/aromatic N) is 2. The fourth-order valence-corrected chi connectivity index (χ4v) is 2.74. The molecule has 9 heteroatoms. The molecule has 23 heavy (non-hydrogen) atoms. The molecule has 1 aromatic carbocycles. The number of benzene rings is 1. The maximum absolute atomic E-state index is 10.6. The van der Waals surface area contributed by atoms with Gasteiger partial charge in [0.1, 0.15) is 0 Å². The number of hydrogen-bond donors (Lipinski definition) is 1. The van der Waals surface area contributed by atoms with Crippen molar-refractivity contribution < 1.29 is 23.1 Å². The van der Waals surface area contributed by atoms with E-state index in [1.165, 1.54) is 0 Å². The minimum Gasteiger partial charge on any atom is -0.475 e. The van der Waals surface area contributed by atoms with Crippen LogP contribution >= 0.6 is 23.2 Å². The summed E-state index contributed by atoms with van der Waals surface area (Å²) in [5.41, 5.74) is 1.12. The minimum absolute atomic E-state index is 0.494. The molecule has 130 valence electrons. The predicted octanol–water partition coefficient (Wildman–Crippen LogP) is 3.77. The molecule has 0 aliphatic carbocycles. The van der Waals surface area contributed by atoms with Gasteiger partial charge >= 0.3 is 12.1 Å². The second-order valence-electron chi connectivity index (χ2n) is 5.24. The van der Waals surface area contributed by atoms with Crippen LogP contribution in [0, 0.1) is 0 Å². The zero-order chi connectivity index (χ0) is 17.8. The number of carboxylic acid groups (broad SMARTS) is 1. The Labute approximate surface area is 142 Å². The summed E-state index contributed by atoms with van der Waals surface area (Å²) in [6, 6.07) is 6.23. The topological polar surface area (TPSA) is 43.8 Å². The number of aliphatic carboxylic acids is 1. The van der Waals surface area contributed by atoms with E-state index in [-0.39, 0.29) is 0 Å². The first kappa shape index (κ1) is 19.9. The number of halogens is 5. The standard InChI is InChI=1S/C12H16Cl2N2.C2HF3O2/c1-9-8-15(2)3-4-16(9)12-6-10(13)5-11(14)7-12;3-2(4,5)1(6)7/h5-7,9H,3-4,8H2,1-2H3;(H,6,7)/t9-;/m1./s1. The zero-order valence-electron chi connectivity index (χ0n) is 12.6. The van der Waals surface area contributed by atoms with Gasteiger partial charge in [-0.3, -0.25) is 0 Å². The van der Waals surface area contributed by atoms with Gasteiger partial charge in [-0.2, -0.15) is 13.2 Å². The van der Waals surface area contributed by atoms with Gasteiger partial charge in [-0.15, -0.1) is 0 Å². The Morgan fingerprint density at radius 3 is 2.09 bits per heavy atom. The average molecular weight is 373 g/mol. The van der Waals surface area contributed by atoms with Crippen molar-refractivity contribution in [1.82, 2.24) is 4.90 Å². The molecule has 1 heterocycles. The lowest BCUT2D eigenvalue weighted by Gasteiger charge is -2.39. The number of alkyl halides is 3. The minimum atomic E-state index is -5.08. The lowest BCUT2D eigenvalue weighted by atomic mass is 10.1. The molecule has 0 bridgehead atoms. The van der Waals surface area contributed by atoms with Gasteiger partial charge in [0.15, 0.2) is 0 Å². The molecule has 1 fully saturated rings. The molecule has 0 saturated carbocycles. The summed E-state index contributed by atoms with van der Waals surface area (Å²) in [7, 11) is 2.15. The largest absolute Gasteiger partial charge is 0.490 e. The third-order valence-corrected chi connectivity index (χ3v) is 3.69. The van der Waals surface area contributed by atoms with Crippen LogP contribution in [-0.2, 0) is 4.79 Å². The van der Waals surface area contributed by atoms with E-state index in [1.54, 1.807) is 6.07 Å². The molecule has 4 nitrogen and oxygen atoms in total. The van der Waals surface area contributed by atoms with E-state index in [9.17, 15) is 13.2 Å². The Morgan fingerprint density at radius 2 is 1.70 bits per heavy atom. The van der Waals surface area contributed by atoms with Gasteiger partial charge in [0, 0.05) is 41.4 Å². The quantitative estimate of drug-likeness (QED) is 0.814. The Kier molecular flexibility index (Phi) is 6.98. The van der Waals surface area contributed by atoms with Crippen LogP contribution in [0.25, 0.3) is 0 Å². The summed E-state index contributed by atoms with van der Waals surface area (Å²) >= 11 is 12.0. The lowest BCUT2D eigenvalue weighted by Crippen LogP contribution is -2.50. The predicted molar refractivity (Wildman–Crippen MR) is 84.5 cm³/mol. The Balaban J connectivity index is 0.000000322. The van der Waals surface area contributed by atoms with Crippen molar-refractivity contribution >= 4 is 34.9 Å². The molecule has 1 aliphatic rings. The van der Waals surface area contributed by atoms with Crippen molar-refractivity contribution in [2.24, 2.45) is 0 Å². The Bertz CT molecular complexity index is 535. The van der Waals surface area contributed by atoms with Crippen LogP contribution in [0.4, 0.5) is 18.9 Å². The van der Waals surface area contributed by atoms with Gasteiger partial charge in [-0.1, -0.05) is 23.2 Å². The molecular formula is C14H17Cl2F3N2O2. The highest BCUT2D eigenvalue weighted by Crippen LogP contribution is 2.27. The third-order valence-electron chi connectivity index (χ3n) is 3.25. The molecule has 2 rings (SSSR count). The van der Waals surface area contributed by atoms with Crippen molar-refractivity contribution in [2.45, 2.75) is 19.1 Å². The number of piperazine rings is 1. The number of likely N-dealkylation sites (N-methyl/N-ethyl adjacent to an activating group) is 1. The maximum Gasteiger partial charge on any atom is 0.490 e. The van der Waals surface area contributed by atoms with E-state index in [0.717, 1.165) is 25.3 Å². The van der Waals surface area contributed by atoms with Crippen LogP contribution in [0.3, 0.4) is 0 Å². The molecular weight excluding hydrogens is 356 g/mol. The number of carbonyl (C=O) groups is 1. The van der Waals surface area contributed by atoms with Gasteiger partial charge in [-0.25, -0.2) is 4.79 Å². The third kappa shape index (κ3) is 6.45. The summed E-state index contributed by atoms with van der Waals surface area (Å²) in [6.07, 6.45) is -5.08. The van der Waals surface area contributed by atoms with E-state index >= 15 is 0 Å². The van der Waals surface area contributed by atoms with Crippen LogP contribution in [0.1, 0.15) is 6.92 Å². The lowest BCUT2D eigenvalue weighted by molar-refractivity contribution is -0.192. The summed E-state index contributed by atoms with van der Waals surface area (Å²) in [5.74, 6) is -2.76. The van der Waals surface area contributed by atoms with Crippen LogP contribution in [0.2, 0.25) is 10.0 Å². The second kappa shape index (κ2) is 8.08. The molecule has 1 aromatic rings. The zero-order valence-corrected chi connectivity index (χ0v) is 14.1. The fourth-order valence-electron chi connectivity index (χ4n) is 2.23. The molecule has 1 saturated heterocycles. The summed E-state index contributed by atoms with van der Waals surface area (Å²) in [4.78, 5) is 13.6. The first-order valence-electron chi connectivity index (χ1n) is 6.72. The second-order valence-corrected chi connectivity index (χ2v) is 6.11. The molecule has 0 amide bonds. The highest BCUT2D eigenvalue weighted by molar-refractivity contribution is 6.35. The van der Waals surface area contributed by atoms with Gasteiger partial charge < -0.3 is 14.9 Å². The number of rotatable bonds is 1. The summed E-state index contributed by atoms with van der Waals surface area (Å²) in [6.45, 7) is 5.40. The monoisotopic (exact) mass is 372 g/mol. The molecule has 1 atom stereocenters. The van der Waals surface area contributed by atoms with Crippen molar-refractivity contribution in [3.05, 3.63) is 28.2 Å².